The van der Waals surface area contributed by atoms with Gasteiger partial charge >= 0.3 is 0 Å². The lowest BCUT2D eigenvalue weighted by atomic mass is 9.84. The van der Waals surface area contributed by atoms with E-state index >= 15 is 0 Å². The fourth-order valence-electron chi connectivity index (χ4n) is 3.84. The van der Waals surface area contributed by atoms with E-state index in [1.165, 1.54) is 43.2 Å². The maximum Gasteiger partial charge on any atom is 0.239 e. The molecule has 1 unspecified atom stereocenters. The molecule has 1 heterocycles. The number of hydrogen-bond donors (Lipinski definition) is 0. The number of carbonyl (C=O) groups is 1. The number of rotatable bonds is 3. The summed E-state index contributed by atoms with van der Waals surface area (Å²) in [4.78, 5) is 16.2. The van der Waals surface area contributed by atoms with Crippen molar-refractivity contribution in [2.24, 2.45) is 0 Å². The van der Waals surface area contributed by atoms with Gasteiger partial charge in [-0.2, -0.15) is 0 Å². The number of piperazine rings is 1. The zero-order valence-corrected chi connectivity index (χ0v) is 13.9. The second kappa shape index (κ2) is 6.82. The van der Waals surface area contributed by atoms with Gasteiger partial charge in [-0.25, -0.2) is 0 Å². The van der Waals surface area contributed by atoms with E-state index < -0.39 is 0 Å². The van der Waals surface area contributed by atoms with Gasteiger partial charge in [0.1, 0.15) is 0 Å². The topological polar surface area (TPSA) is 23.6 Å². The van der Waals surface area contributed by atoms with E-state index in [9.17, 15) is 4.79 Å². The number of hydrogen-bond acceptors (Lipinski definition) is 2. The number of benzene rings is 1. The summed E-state index contributed by atoms with van der Waals surface area (Å²) >= 11 is 0. The van der Waals surface area contributed by atoms with Crippen molar-refractivity contribution in [1.29, 1.82) is 0 Å². The first-order chi connectivity index (χ1) is 10.6. The molecule has 0 spiro atoms. The highest BCUT2D eigenvalue weighted by molar-refractivity contribution is 5.81. The Morgan fingerprint density at radius 1 is 1.05 bits per heavy atom. The first-order valence-electron chi connectivity index (χ1n) is 8.73. The molecule has 1 saturated carbocycles. The molecule has 1 aromatic carbocycles. The van der Waals surface area contributed by atoms with Crippen LogP contribution in [0.2, 0.25) is 0 Å². The van der Waals surface area contributed by atoms with Crippen molar-refractivity contribution >= 4 is 5.91 Å². The number of amides is 1. The molecule has 1 aliphatic carbocycles. The molecule has 3 heteroatoms. The van der Waals surface area contributed by atoms with Crippen molar-refractivity contribution in [3.8, 4) is 0 Å². The summed E-state index contributed by atoms with van der Waals surface area (Å²) in [5.41, 5.74) is 2.83. The van der Waals surface area contributed by atoms with E-state index in [1.807, 2.05) is 18.9 Å². The van der Waals surface area contributed by atoms with Gasteiger partial charge in [-0.3, -0.25) is 9.69 Å². The first kappa shape index (κ1) is 15.5. The fourth-order valence-corrected chi connectivity index (χ4v) is 3.84. The highest BCUT2D eigenvalue weighted by Crippen LogP contribution is 2.32. The molecule has 1 atom stereocenters. The molecule has 1 aromatic rings. The molecule has 120 valence electrons. The summed E-state index contributed by atoms with van der Waals surface area (Å²) in [6, 6.07) is 9.15. The number of likely N-dealkylation sites (N-methyl/N-ethyl adjacent to an activating group) is 1. The summed E-state index contributed by atoms with van der Waals surface area (Å²) in [7, 11) is 1.90. The summed E-state index contributed by atoms with van der Waals surface area (Å²) in [6.45, 7) is 4.71. The molecule has 0 aromatic heterocycles. The third-order valence-corrected chi connectivity index (χ3v) is 5.45. The Morgan fingerprint density at radius 2 is 1.73 bits per heavy atom. The molecule has 22 heavy (non-hydrogen) atoms. The lowest BCUT2D eigenvalue weighted by Crippen LogP contribution is -2.53. The van der Waals surface area contributed by atoms with E-state index in [4.69, 9.17) is 0 Å². The predicted octanol–water partition coefficient (Wildman–Crippen LogP) is 3.40. The Labute approximate surface area is 134 Å². The summed E-state index contributed by atoms with van der Waals surface area (Å²) in [5, 5.41) is 0. The van der Waals surface area contributed by atoms with Crippen molar-refractivity contribution in [3.63, 3.8) is 0 Å². The van der Waals surface area contributed by atoms with Crippen molar-refractivity contribution in [3.05, 3.63) is 35.4 Å². The molecule has 1 saturated heterocycles. The van der Waals surface area contributed by atoms with Crippen LogP contribution in [0.5, 0.6) is 0 Å². The number of nitrogens with zero attached hydrogens (tertiary/aromatic N) is 2. The molecule has 2 aliphatic rings. The minimum absolute atomic E-state index is 0.00299. The highest BCUT2D eigenvalue weighted by Gasteiger charge is 2.29. The Kier molecular flexibility index (Phi) is 4.82. The van der Waals surface area contributed by atoms with Gasteiger partial charge in [-0.1, -0.05) is 43.5 Å². The average molecular weight is 300 g/mol. The van der Waals surface area contributed by atoms with Gasteiger partial charge in [0.25, 0.3) is 0 Å². The normalized spacial score (nSPS) is 24.7. The monoisotopic (exact) mass is 300 g/mol. The van der Waals surface area contributed by atoms with Crippen LogP contribution in [0.3, 0.4) is 0 Å². The Bertz CT molecular complexity index is 505. The van der Waals surface area contributed by atoms with Crippen molar-refractivity contribution in [2.45, 2.75) is 57.5 Å². The van der Waals surface area contributed by atoms with Gasteiger partial charge in [0, 0.05) is 26.7 Å². The molecule has 0 radical (unpaired) electrons. The highest BCUT2D eigenvalue weighted by atomic mass is 16.2. The van der Waals surface area contributed by atoms with Crippen molar-refractivity contribution in [2.75, 3.05) is 20.1 Å². The summed E-state index contributed by atoms with van der Waals surface area (Å²) in [6.07, 6.45) is 6.87. The second-order valence-corrected chi connectivity index (χ2v) is 6.98. The van der Waals surface area contributed by atoms with Crippen LogP contribution in [0.4, 0.5) is 0 Å². The van der Waals surface area contributed by atoms with Crippen LogP contribution in [0, 0.1) is 0 Å². The fraction of sp³-hybridized carbons (Fsp3) is 0.632. The molecular formula is C19H28N2O. The van der Waals surface area contributed by atoms with E-state index in [2.05, 4.69) is 29.2 Å². The minimum atomic E-state index is -0.00299. The van der Waals surface area contributed by atoms with Crippen LogP contribution in [0.15, 0.2) is 24.3 Å². The maximum absolute atomic E-state index is 12.1. The van der Waals surface area contributed by atoms with Crippen molar-refractivity contribution in [1.82, 2.24) is 9.80 Å². The molecule has 0 bridgehead atoms. The van der Waals surface area contributed by atoms with Crippen LogP contribution >= 0.6 is 0 Å². The molecule has 2 fully saturated rings. The van der Waals surface area contributed by atoms with Crippen molar-refractivity contribution < 1.29 is 4.79 Å². The van der Waals surface area contributed by atoms with E-state index in [0.717, 1.165) is 25.6 Å². The third kappa shape index (κ3) is 3.35. The quantitative estimate of drug-likeness (QED) is 0.854. The smallest absolute Gasteiger partial charge is 0.239 e. The Morgan fingerprint density at radius 3 is 2.41 bits per heavy atom. The zero-order valence-electron chi connectivity index (χ0n) is 13.9. The molecule has 1 amide bonds. The van der Waals surface area contributed by atoms with Gasteiger partial charge in [-0.05, 0) is 36.8 Å². The number of carbonyl (C=O) groups excluding carboxylic acids is 1. The summed E-state index contributed by atoms with van der Waals surface area (Å²) in [5.74, 6) is 1.01. The average Bonchev–Trinajstić information content (AvgIpc) is 2.57. The Balaban J connectivity index is 1.62. The lowest BCUT2D eigenvalue weighted by Gasteiger charge is -2.37. The van der Waals surface area contributed by atoms with Gasteiger partial charge < -0.3 is 4.90 Å². The van der Waals surface area contributed by atoms with Crippen LogP contribution in [-0.4, -0.2) is 41.9 Å². The van der Waals surface area contributed by atoms with Gasteiger partial charge in [-0.15, -0.1) is 0 Å². The van der Waals surface area contributed by atoms with Crippen LogP contribution in [-0.2, 0) is 11.3 Å². The van der Waals surface area contributed by atoms with Crippen LogP contribution in [0.25, 0.3) is 0 Å². The zero-order chi connectivity index (χ0) is 15.5. The second-order valence-electron chi connectivity index (χ2n) is 6.98. The largest absolute Gasteiger partial charge is 0.343 e. The molecule has 1 aliphatic heterocycles. The SMILES string of the molecule is CC1C(=O)N(C)CCN1Cc1ccc(C2CCCCC2)cc1. The van der Waals surface area contributed by atoms with E-state index in [1.54, 1.807) is 0 Å². The lowest BCUT2D eigenvalue weighted by molar-refractivity contribution is -0.139. The minimum Gasteiger partial charge on any atom is -0.343 e. The molecule has 3 rings (SSSR count). The first-order valence-corrected chi connectivity index (χ1v) is 8.73. The maximum atomic E-state index is 12.1. The van der Waals surface area contributed by atoms with E-state index in [-0.39, 0.29) is 11.9 Å². The van der Waals surface area contributed by atoms with Crippen LogP contribution in [0.1, 0.15) is 56.1 Å². The van der Waals surface area contributed by atoms with Gasteiger partial charge in [0.2, 0.25) is 5.91 Å². The Hall–Kier alpha value is -1.35. The third-order valence-electron chi connectivity index (χ3n) is 5.45. The van der Waals surface area contributed by atoms with Gasteiger partial charge in [0.15, 0.2) is 0 Å². The van der Waals surface area contributed by atoms with E-state index in [0.29, 0.717) is 0 Å². The van der Waals surface area contributed by atoms with Gasteiger partial charge in [0.05, 0.1) is 6.04 Å². The standard InChI is InChI=1S/C19H28N2O/c1-15-19(22)20(2)12-13-21(15)14-16-8-10-18(11-9-16)17-6-4-3-5-7-17/h8-11,15,17H,3-7,12-14H2,1-2H3. The molecule has 3 nitrogen and oxygen atoms in total. The van der Waals surface area contributed by atoms with Crippen LogP contribution < -0.4 is 0 Å². The summed E-state index contributed by atoms with van der Waals surface area (Å²) < 4.78 is 0. The molecule has 0 N–H and O–H groups in total. The molecular weight excluding hydrogens is 272 g/mol. The predicted molar refractivity (Wildman–Crippen MR) is 89.8 cm³/mol.